The number of rotatable bonds is 3. The second-order valence-electron chi connectivity index (χ2n) is 5.63. The van der Waals surface area contributed by atoms with E-state index in [0.29, 0.717) is 10.9 Å². The van der Waals surface area contributed by atoms with Crippen molar-refractivity contribution in [1.82, 2.24) is 15.2 Å². The second-order valence-corrected chi connectivity index (χ2v) is 6.04. The maximum atomic E-state index is 6.28. The van der Waals surface area contributed by atoms with Crippen LogP contribution in [0.1, 0.15) is 18.4 Å². The summed E-state index contributed by atoms with van der Waals surface area (Å²) in [4.78, 5) is 6.79. The van der Waals surface area contributed by atoms with Crippen molar-refractivity contribution in [3.05, 3.63) is 28.8 Å². The van der Waals surface area contributed by atoms with Crippen molar-refractivity contribution in [3.63, 3.8) is 0 Å². The van der Waals surface area contributed by atoms with Gasteiger partial charge in [0.1, 0.15) is 0 Å². The normalized spacial score (nSPS) is 16.4. The van der Waals surface area contributed by atoms with Crippen molar-refractivity contribution in [2.45, 2.75) is 19.8 Å². The molecule has 6 heteroatoms. The standard InChI is InChI=1S/C15H20ClN5/c1-10-2-3-12(13(16)8-10)14-18-15(20-19-14)21-6-4-11(9-17)5-7-21/h2-3,8,11H,4-7,9,17H2,1H3,(H,18,19,20). The SMILES string of the molecule is Cc1ccc(-c2nc(N3CCC(CN)CC3)n[nH]2)c(Cl)c1. The van der Waals surface area contributed by atoms with Crippen molar-refractivity contribution in [2.24, 2.45) is 11.7 Å². The molecule has 0 bridgehead atoms. The Labute approximate surface area is 129 Å². The number of halogens is 1. The van der Waals surface area contributed by atoms with Gasteiger partial charge in [-0.2, -0.15) is 4.98 Å². The average molecular weight is 306 g/mol. The van der Waals surface area contributed by atoms with Crippen molar-refractivity contribution >= 4 is 17.5 Å². The molecule has 0 saturated carbocycles. The summed E-state index contributed by atoms with van der Waals surface area (Å²) < 4.78 is 0. The highest BCUT2D eigenvalue weighted by Crippen LogP contribution is 2.28. The number of aryl methyl sites for hydroxylation is 1. The number of nitrogens with two attached hydrogens (primary N) is 1. The first-order chi connectivity index (χ1) is 10.2. The van der Waals surface area contributed by atoms with Crippen LogP contribution < -0.4 is 10.6 Å². The molecule has 1 aromatic carbocycles. The average Bonchev–Trinajstić information content (AvgIpc) is 2.97. The first kappa shape index (κ1) is 14.4. The third-order valence-electron chi connectivity index (χ3n) is 4.08. The molecule has 2 aromatic rings. The minimum atomic E-state index is 0.631. The number of hydrogen-bond donors (Lipinski definition) is 2. The summed E-state index contributed by atoms with van der Waals surface area (Å²) in [6.45, 7) is 4.71. The van der Waals surface area contributed by atoms with Gasteiger partial charge in [-0.3, -0.25) is 5.10 Å². The van der Waals surface area contributed by atoms with E-state index in [9.17, 15) is 0 Å². The van der Waals surface area contributed by atoms with E-state index in [-0.39, 0.29) is 0 Å². The van der Waals surface area contributed by atoms with Crippen LogP contribution in [0.4, 0.5) is 5.95 Å². The smallest absolute Gasteiger partial charge is 0.245 e. The zero-order chi connectivity index (χ0) is 14.8. The molecule has 0 spiro atoms. The Bertz CT molecular complexity index is 616. The van der Waals surface area contributed by atoms with E-state index < -0.39 is 0 Å². The summed E-state index contributed by atoms with van der Waals surface area (Å²) in [6.07, 6.45) is 2.21. The lowest BCUT2D eigenvalue weighted by Gasteiger charge is -2.30. The first-order valence-electron chi connectivity index (χ1n) is 7.31. The quantitative estimate of drug-likeness (QED) is 0.914. The van der Waals surface area contributed by atoms with Gasteiger partial charge in [-0.25, -0.2) is 0 Å². The van der Waals surface area contributed by atoms with Crippen LogP contribution in [-0.4, -0.2) is 34.8 Å². The van der Waals surface area contributed by atoms with Crippen LogP contribution in [0.15, 0.2) is 18.2 Å². The molecule has 1 aliphatic rings. The van der Waals surface area contributed by atoms with Gasteiger partial charge < -0.3 is 10.6 Å². The van der Waals surface area contributed by atoms with Gasteiger partial charge in [0, 0.05) is 18.7 Å². The molecule has 0 radical (unpaired) electrons. The molecule has 1 fully saturated rings. The highest BCUT2D eigenvalue weighted by Gasteiger charge is 2.21. The number of aromatic amines is 1. The highest BCUT2D eigenvalue weighted by atomic mass is 35.5. The lowest BCUT2D eigenvalue weighted by atomic mass is 9.97. The molecule has 112 valence electrons. The number of hydrogen-bond acceptors (Lipinski definition) is 4. The first-order valence-corrected chi connectivity index (χ1v) is 7.69. The van der Waals surface area contributed by atoms with Crippen LogP contribution in [0.5, 0.6) is 0 Å². The molecular formula is C15H20ClN5. The van der Waals surface area contributed by atoms with Crippen molar-refractivity contribution < 1.29 is 0 Å². The maximum absolute atomic E-state index is 6.28. The van der Waals surface area contributed by atoms with Gasteiger partial charge in [-0.15, -0.1) is 5.10 Å². The summed E-state index contributed by atoms with van der Waals surface area (Å²) >= 11 is 6.28. The Hall–Kier alpha value is -1.59. The molecular weight excluding hydrogens is 286 g/mol. The van der Waals surface area contributed by atoms with Crippen LogP contribution in [0.25, 0.3) is 11.4 Å². The van der Waals surface area contributed by atoms with Gasteiger partial charge >= 0.3 is 0 Å². The van der Waals surface area contributed by atoms with Crippen LogP contribution in [0.3, 0.4) is 0 Å². The fourth-order valence-electron chi connectivity index (χ4n) is 2.70. The second kappa shape index (κ2) is 6.03. The monoisotopic (exact) mass is 305 g/mol. The summed E-state index contributed by atoms with van der Waals surface area (Å²) in [6, 6.07) is 5.94. The van der Waals surface area contributed by atoms with Crippen LogP contribution >= 0.6 is 11.6 Å². The van der Waals surface area contributed by atoms with E-state index in [1.54, 1.807) is 0 Å². The van der Waals surface area contributed by atoms with Gasteiger partial charge in [-0.05, 0) is 49.9 Å². The van der Waals surface area contributed by atoms with E-state index in [1.165, 1.54) is 0 Å². The number of benzene rings is 1. The lowest BCUT2D eigenvalue weighted by molar-refractivity contribution is 0.411. The van der Waals surface area contributed by atoms with Gasteiger partial charge in [0.15, 0.2) is 5.82 Å². The largest absolute Gasteiger partial charge is 0.340 e. The zero-order valence-corrected chi connectivity index (χ0v) is 12.9. The molecule has 21 heavy (non-hydrogen) atoms. The molecule has 0 aliphatic carbocycles. The Morgan fingerprint density at radius 1 is 1.38 bits per heavy atom. The fraction of sp³-hybridized carbons (Fsp3) is 0.467. The molecule has 0 unspecified atom stereocenters. The molecule has 5 nitrogen and oxygen atoms in total. The molecule has 0 atom stereocenters. The number of anilines is 1. The molecule has 1 aromatic heterocycles. The number of aromatic nitrogens is 3. The van der Waals surface area contributed by atoms with Gasteiger partial charge in [-0.1, -0.05) is 17.7 Å². The highest BCUT2D eigenvalue weighted by molar-refractivity contribution is 6.33. The Morgan fingerprint density at radius 2 is 2.14 bits per heavy atom. The van der Waals surface area contributed by atoms with Crippen LogP contribution in [0, 0.1) is 12.8 Å². The van der Waals surface area contributed by atoms with E-state index in [2.05, 4.69) is 20.1 Å². The molecule has 0 amide bonds. The van der Waals surface area contributed by atoms with Gasteiger partial charge in [0.2, 0.25) is 5.95 Å². The number of nitrogens with one attached hydrogen (secondary N) is 1. The third kappa shape index (κ3) is 3.04. The predicted octanol–water partition coefficient (Wildman–Crippen LogP) is 2.61. The third-order valence-corrected chi connectivity index (χ3v) is 4.40. The number of piperidine rings is 1. The molecule has 1 aliphatic heterocycles. The Morgan fingerprint density at radius 3 is 2.81 bits per heavy atom. The van der Waals surface area contributed by atoms with Crippen molar-refractivity contribution in [3.8, 4) is 11.4 Å². The molecule has 3 N–H and O–H groups in total. The Balaban J connectivity index is 1.77. The molecule has 3 rings (SSSR count). The zero-order valence-electron chi connectivity index (χ0n) is 12.1. The number of nitrogens with zero attached hydrogens (tertiary/aromatic N) is 3. The molecule has 2 heterocycles. The van der Waals surface area contributed by atoms with Crippen LogP contribution in [-0.2, 0) is 0 Å². The summed E-state index contributed by atoms with van der Waals surface area (Å²) in [5, 5.41) is 8.02. The Kier molecular flexibility index (Phi) is 4.12. The van der Waals surface area contributed by atoms with Crippen LogP contribution in [0.2, 0.25) is 5.02 Å². The van der Waals surface area contributed by atoms with E-state index in [4.69, 9.17) is 17.3 Å². The van der Waals surface area contributed by atoms with Gasteiger partial charge in [0.25, 0.3) is 0 Å². The number of H-pyrrole nitrogens is 1. The van der Waals surface area contributed by atoms with Crippen molar-refractivity contribution in [2.75, 3.05) is 24.5 Å². The fourth-order valence-corrected chi connectivity index (χ4v) is 3.02. The summed E-state index contributed by atoms with van der Waals surface area (Å²) in [5.41, 5.74) is 7.74. The summed E-state index contributed by atoms with van der Waals surface area (Å²) in [7, 11) is 0. The van der Waals surface area contributed by atoms with E-state index in [0.717, 1.165) is 55.4 Å². The summed E-state index contributed by atoms with van der Waals surface area (Å²) in [5.74, 6) is 2.10. The minimum absolute atomic E-state index is 0.631. The lowest BCUT2D eigenvalue weighted by Crippen LogP contribution is -2.36. The van der Waals surface area contributed by atoms with Crippen molar-refractivity contribution in [1.29, 1.82) is 0 Å². The predicted molar refractivity (Wildman–Crippen MR) is 85.6 cm³/mol. The topological polar surface area (TPSA) is 70.8 Å². The van der Waals surface area contributed by atoms with Gasteiger partial charge in [0.05, 0.1) is 5.02 Å². The van der Waals surface area contributed by atoms with E-state index >= 15 is 0 Å². The maximum Gasteiger partial charge on any atom is 0.245 e. The minimum Gasteiger partial charge on any atom is -0.340 e. The van der Waals surface area contributed by atoms with E-state index in [1.807, 2.05) is 25.1 Å². The molecule has 1 saturated heterocycles.